The molecule has 9 heteroatoms. The first kappa shape index (κ1) is 14.5. The molecular formula is C13H15N5O3S. The molecular weight excluding hydrogens is 306 g/mol. The molecule has 2 N–H and O–H groups in total. The number of hydrogen-bond donors (Lipinski definition) is 2. The molecule has 0 radical (unpaired) electrons. The minimum absolute atomic E-state index is 0.0644. The molecule has 1 amide bonds. The largest absolute Gasteiger partial charge is 0.477 e. The number of anilines is 2. The molecule has 3 rings (SSSR count). The zero-order valence-corrected chi connectivity index (χ0v) is 12.5. The van der Waals surface area contributed by atoms with Gasteiger partial charge in [0, 0.05) is 25.4 Å². The third-order valence-corrected chi connectivity index (χ3v) is 4.25. The molecule has 0 saturated carbocycles. The van der Waals surface area contributed by atoms with Crippen LogP contribution in [0.4, 0.5) is 10.9 Å². The maximum Gasteiger partial charge on any atom is 0.347 e. The van der Waals surface area contributed by atoms with E-state index in [1.165, 1.54) is 6.20 Å². The molecule has 0 aliphatic carbocycles. The van der Waals surface area contributed by atoms with Crippen molar-refractivity contribution in [2.24, 2.45) is 0 Å². The van der Waals surface area contributed by atoms with Crippen molar-refractivity contribution in [3.05, 3.63) is 23.3 Å². The molecule has 0 aromatic carbocycles. The average Bonchev–Trinajstić information content (AvgIpc) is 3.19. The van der Waals surface area contributed by atoms with Crippen molar-refractivity contribution in [2.45, 2.75) is 19.4 Å². The van der Waals surface area contributed by atoms with Crippen LogP contribution in [0.3, 0.4) is 0 Å². The van der Waals surface area contributed by atoms with E-state index in [0.29, 0.717) is 10.9 Å². The minimum Gasteiger partial charge on any atom is -0.477 e. The van der Waals surface area contributed by atoms with E-state index in [1.54, 1.807) is 16.9 Å². The van der Waals surface area contributed by atoms with Crippen LogP contribution in [-0.2, 0) is 11.3 Å². The lowest BCUT2D eigenvalue weighted by Crippen LogP contribution is -2.31. The maximum absolute atomic E-state index is 12.0. The van der Waals surface area contributed by atoms with E-state index >= 15 is 0 Å². The Bertz CT molecular complexity index is 689. The molecule has 1 aliphatic rings. The van der Waals surface area contributed by atoms with Crippen LogP contribution in [0.15, 0.2) is 18.5 Å². The molecule has 1 saturated heterocycles. The number of carboxylic acids is 1. The van der Waals surface area contributed by atoms with Gasteiger partial charge in [-0.05, 0) is 12.8 Å². The average molecular weight is 321 g/mol. The predicted octanol–water partition coefficient (Wildman–Crippen LogP) is 1.40. The Morgan fingerprint density at radius 3 is 2.82 bits per heavy atom. The number of thiazole rings is 1. The first-order valence-electron chi connectivity index (χ1n) is 6.89. The summed E-state index contributed by atoms with van der Waals surface area (Å²) in [6.45, 7) is 1.85. The molecule has 0 bridgehead atoms. The fourth-order valence-corrected chi connectivity index (χ4v) is 2.92. The number of carbonyl (C=O) groups is 2. The van der Waals surface area contributed by atoms with Gasteiger partial charge in [0.15, 0.2) is 10.9 Å². The van der Waals surface area contributed by atoms with Gasteiger partial charge in [-0.3, -0.25) is 9.48 Å². The van der Waals surface area contributed by atoms with E-state index in [1.807, 2.05) is 4.90 Å². The summed E-state index contributed by atoms with van der Waals surface area (Å²) in [4.78, 5) is 28.8. The van der Waals surface area contributed by atoms with Gasteiger partial charge in [0.05, 0.1) is 6.20 Å². The summed E-state index contributed by atoms with van der Waals surface area (Å²) in [6, 6.07) is 1.72. The van der Waals surface area contributed by atoms with Gasteiger partial charge >= 0.3 is 5.97 Å². The van der Waals surface area contributed by atoms with Crippen LogP contribution in [-0.4, -0.2) is 49.7 Å². The lowest BCUT2D eigenvalue weighted by Gasteiger charge is -2.14. The van der Waals surface area contributed by atoms with Crippen LogP contribution in [0, 0.1) is 0 Å². The molecule has 116 valence electrons. The highest BCUT2D eigenvalue weighted by Gasteiger charge is 2.18. The molecule has 3 heterocycles. The van der Waals surface area contributed by atoms with Crippen molar-refractivity contribution in [1.82, 2.24) is 19.7 Å². The molecule has 2 aromatic rings. The number of carboxylic acid groups (broad SMARTS) is 1. The number of aromatic carboxylic acids is 1. The van der Waals surface area contributed by atoms with E-state index in [9.17, 15) is 9.59 Å². The first-order valence-corrected chi connectivity index (χ1v) is 7.71. The molecule has 0 atom stereocenters. The van der Waals surface area contributed by atoms with E-state index in [0.717, 1.165) is 37.3 Å². The SMILES string of the molecule is O=C(O)c1cnc(Nc2ccn(CC(=O)N3CCCC3)n2)s1. The lowest BCUT2D eigenvalue weighted by atomic mass is 10.4. The number of amides is 1. The van der Waals surface area contributed by atoms with Gasteiger partial charge in [-0.1, -0.05) is 11.3 Å². The van der Waals surface area contributed by atoms with Gasteiger partial charge in [0.25, 0.3) is 0 Å². The highest BCUT2D eigenvalue weighted by Crippen LogP contribution is 2.21. The molecule has 1 aliphatic heterocycles. The van der Waals surface area contributed by atoms with Crippen LogP contribution >= 0.6 is 11.3 Å². The van der Waals surface area contributed by atoms with E-state index < -0.39 is 5.97 Å². The Balaban J connectivity index is 1.60. The van der Waals surface area contributed by atoms with Crippen molar-refractivity contribution in [1.29, 1.82) is 0 Å². The van der Waals surface area contributed by atoms with E-state index in [2.05, 4.69) is 15.4 Å². The quantitative estimate of drug-likeness (QED) is 0.863. The smallest absolute Gasteiger partial charge is 0.347 e. The number of aromatic nitrogens is 3. The van der Waals surface area contributed by atoms with Gasteiger partial charge in [-0.2, -0.15) is 5.10 Å². The van der Waals surface area contributed by atoms with Crippen molar-refractivity contribution in [3.63, 3.8) is 0 Å². The molecule has 22 heavy (non-hydrogen) atoms. The summed E-state index contributed by atoms with van der Waals surface area (Å²) in [5.74, 6) is -0.414. The Morgan fingerprint density at radius 1 is 1.36 bits per heavy atom. The van der Waals surface area contributed by atoms with E-state index in [-0.39, 0.29) is 17.3 Å². The summed E-state index contributed by atoms with van der Waals surface area (Å²) < 4.78 is 1.56. The summed E-state index contributed by atoms with van der Waals surface area (Å²) in [5, 5.41) is 16.5. The molecule has 0 spiro atoms. The fourth-order valence-electron chi connectivity index (χ4n) is 2.26. The second kappa shape index (κ2) is 6.14. The van der Waals surface area contributed by atoms with Crippen molar-refractivity contribution in [3.8, 4) is 0 Å². The lowest BCUT2D eigenvalue weighted by molar-refractivity contribution is -0.130. The topological polar surface area (TPSA) is 100 Å². The number of likely N-dealkylation sites (tertiary alicyclic amines) is 1. The second-order valence-corrected chi connectivity index (χ2v) is 5.98. The van der Waals surface area contributed by atoms with Crippen LogP contribution in [0.2, 0.25) is 0 Å². The van der Waals surface area contributed by atoms with Crippen molar-refractivity contribution < 1.29 is 14.7 Å². The van der Waals surface area contributed by atoms with Gasteiger partial charge < -0.3 is 15.3 Å². The molecule has 1 fully saturated rings. The number of nitrogens with one attached hydrogen (secondary N) is 1. The second-order valence-electron chi connectivity index (χ2n) is 4.95. The zero-order valence-electron chi connectivity index (χ0n) is 11.7. The van der Waals surface area contributed by atoms with Gasteiger partial charge in [-0.15, -0.1) is 0 Å². The van der Waals surface area contributed by atoms with Crippen LogP contribution < -0.4 is 5.32 Å². The van der Waals surface area contributed by atoms with Crippen LogP contribution in [0.25, 0.3) is 0 Å². The summed E-state index contributed by atoms with van der Waals surface area (Å²) in [6.07, 6.45) is 5.13. The Labute approximate surface area is 130 Å². The third-order valence-electron chi connectivity index (χ3n) is 3.35. The highest BCUT2D eigenvalue weighted by molar-refractivity contribution is 7.17. The van der Waals surface area contributed by atoms with Crippen molar-refractivity contribution >= 4 is 34.2 Å². The summed E-state index contributed by atoms with van der Waals surface area (Å²) >= 11 is 1.03. The predicted molar refractivity (Wildman–Crippen MR) is 80.4 cm³/mol. The highest BCUT2D eigenvalue weighted by atomic mass is 32.1. The number of carbonyl (C=O) groups excluding carboxylic acids is 1. The van der Waals surface area contributed by atoms with Crippen molar-refractivity contribution in [2.75, 3.05) is 18.4 Å². The normalized spacial score (nSPS) is 14.3. The fraction of sp³-hybridized carbons (Fsp3) is 0.385. The monoisotopic (exact) mass is 321 g/mol. The Hall–Kier alpha value is -2.42. The van der Waals surface area contributed by atoms with Crippen LogP contribution in [0.1, 0.15) is 22.5 Å². The zero-order chi connectivity index (χ0) is 15.5. The van der Waals surface area contributed by atoms with Gasteiger partial charge in [0.2, 0.25) is 5.91 Å². The number of hydrogen-bond acceptors (Lipinski definition) is 6. The first-order chi connectivity index (χ1) is 10.6. The summed E-state index contributed by atoms with van der Waals surface area (Å²) in [7, 11) is 0. The maximum atomic E-state index is 12.0. The number of nitrogens with zero attached hydrogens (tertiary/aromatic N) is 4. The summed E-state index contributed by atoms with van der Waals surface area (Å²) in [5.41, 5.74) is 0. The molecule has 2 aromatic heterocycles. The van der Waals surface area contributed by atoms with Gasteiger partial charge in [-0.25, -0.2) is 9.78 Å². The minimum atomic E-state index is -1.01. The van der Waals surface area contributed by atoms with E-state index in [4.69, 9.17) is 5.11 Å². The Kier molecular flexibility index (Phi) is 4.05. The van der Waals surface area contributed by atoms with Gasteiger partial charge in [0.1, 0.15) is 11.4 Å². The standard InChI is InChI=1S/C13H15N5O3S/c19-11(17-4-1-2-5-17)8-18-6-3-10(16-18)15-13-14-7-9(22-13)12(20)21/h3,6-7H,1-2,4-5,8H2,(H,20,21)(H,14,15,16). The molecule has 8 nitrogen and oxygen atoms in total. The number of rotatable bonds is 5. The molecule has 0 unspecified atom stereocenters. The third kappa shape index (κ3) is 3.25. The Morgan fingerprint density at radius 2 is 2.14 bits per heavy atom. The van der Waals surface area contributed by atoms with Crippen LogP contribution in [0.5, 0.6) is 0 Å².